The van der Waals surface area contributed by atoms with Crippen LogP contribution in [0, 0.1) is 12.3 Å². The summed E-state index contributed by atoms with van der Waals surface area (Å²) in [6.07, 6.45) is 0. The van der Waals surface area contributed by atoms with Gasteiger partial charge in [0, 0.05) is 5.41 Å². The molecule has 0 bridgehead atoms. The Morgan fingerprint density at radius 3 is 2.62 bits per heavy atom. The largest absolute Gasteiger partial charge is 0.291 e. The third kappa shape index (κ3) is 2.00. The molecule has 0 saturated heterocycles. The average Bonchev–Trinajstić information content (AvgIpc) is 2.57. The number of aryl methyl sites for hydroxylation is 1. The lowest BCUT2D eigenvalue weighted by Crippen LogP contribution is -2.19. The molecule has 16 heavy (non-hydrogen) atoms. The third-order valence-corrected chi connectivity index (χ3v) is 3.44. The van der Waals surface area contributed by atoms with Crippen LogP contribution in [0.15, 0.2) is 18.2 Å². The van der Waals surface area contributed by atoms with Gasteiger partial charge in [-0.15, -0.1) is 11.3 Å². The number of thiazole rings is 1. The van der Waals surface area contributed by atoms with Crippen LogP contribution < -0.4 is 0 Å². The smallest absolute Gasteiger partial charge is 0.196 e. The minimum atomic E-state index is -0.358. The first-order valence-electron chi connectivity index (χ1n) is 5.30. The summed E-state index contributed by atoms with van der Waals surface area (Å²) in [6.45, 7) is 7.82. The SMILES string of the molecule is Cc1ccc2nc(C(=O)C(C)(C)C)sc2c1. The molecule has 0 amide bonds. The van der Waals surface area contributed by atoms with Gasteiger partial charge < -0.3 is 0 Å². The van der Waals surface area contributed by atoms with Gasteiger partial charge in [-0.2, -0.15) is 0 Å². The minimum absolute atomic E-state index is 0.117. The summed E-state index contributed by atoms with van der Waals surface area (Å²) >= 11 is 1.49. The Morgan fingerprint density at radius 1 is 1.31 bits per heavy atom. The zero-order chi connectivity index (χ0) is 11.9. The zero-order valence-electron chi connectivity index (χ0n) is 10.00. The van der Waals surface area contributed by atoms with Crippen molar-refractivity contribution in [2.75, 3.05) is 0 Å². The number of hydrogen-bond acceptors (Lipinski definition) is 3. The molecular formula is C13H15NOS. The van der Waals surface area contributed by atoms with E-state index in [1.807, 2.05) is 39.8 Å². The van der Waals surface area contributed by atoms with E-state index in [-0.39, 0.29) is 11.2 Å². The topological polar surface area (TPSA) is 30.0 Å². The summed E-state index contributed by atoms with van der Waals surface area (Å²) in [7, 11) is 0. The second-order valence-electron chi connectivity index (χ2n) is 5.07. The Labute approximate surface area is 99.3 Å². The van der Waals surface area contributed by atoms with Crippen LogP contribution in [0.5, 0.6) is 0 Å². The lowest BCUT2D eigenvalue weighted by Gasteiger charge is -2.13. The molecule has 2 nitrogen and oxygen atoms in total. The van der Waals surface area contributed by atoms with Gasteiger partial charge in [0.2, 0.25) is 0 Å². The van der Waals surface area contributed by atoms with Gasteiger partial charge in [-0.3, -0.25) is 4.79 Å². The first-order valence-corrected chi connectivity index (χ1v) is 6.11. The lowest BCUT2D eigenvalue weighted by molar-refractivity contribution is 0.0858. The van der Waals surface area contributed by atoms with Gasteiger partial charge in [0.15, 0.2) is 10.8 Å². The number of nitrogens with zero attached hydrogens (tertiary/aromatic N) is 1. The molecule has 2 rings (SSSR count). The fourth-order valence-corrected chi connectivity index (χ4v) is 2.66. The zero-order valence-corrected chi connectivity index (χ0v) is 10.8. The second kappa shape index (κ2) is 3.67. The Balaban J connectivity index is 2.52. The monoisotopic (exact) mass is 233 g/mol. The van der Waals surface area contributed by atoms with Crippen LogP contribution in [0.1, 0.15) is 36.1 Å². The van der Waals surface area contributed by atoms with E-state index >= 15 is 0 Å². The molecule has 0 saturated carbocycles. The Kier molecular flexibility index (Phi) is 2.58. The number of rotatable bonds is 1. The molecule has 1 aromatic carbocycles. The number of ketones is 1. The molecule has 0 fully saturated rings. The minimum Gasteiger partial charge on any atom is -0.291 e. The number of fused-ring (bicyclic) bond motifs is 1. The highest BCUT2D eigenvalue weighted by atomic mass is 32.1. The highest BCUT2D eigenvalue weighted by Crippen LogP contribution is 2.28. The van der Waals surface area contributed by atoms with E-state index in [0.717, 1.165) is 10.2 Å². The third-order valence-electron chi connectivity index (χ3n) is 2.42. The summed E-state index contributed by atoms with van der Waals surface area (Å²) in [4.78, 5) is 16.5. The highest BCUT2D eigenvalue weighted by Gasteiger charge is 2.25. The molecule has 0 unspecified atom stereocenters. The highest BCUT2D eigenvalue weighted by molar-refractivity contribution is 7.20. The molecule has 0 aliphatic carbocycles. The molecule has 2 aromatic rings. The van der Waals surface area contributed by atoms with E-state index in [0.29, 0.717) is 5.01 Å². The van der Waals surface area contributed by atoms with E-state index < -0.39 is 0 Å². The Bertz CT molecular complexity index is 549. The van der Waals surface area contributed by atoms with Crippen molar-refractivity contribution < 1.29 is 4.79 Å². The van der Waals surface area contributed by atoms with Crippen molar-refractivity contribution in [3.05, 3.63) is 28.8 Å². The Morgan fingerprint density at radius 2 is 2.00 bits per heavy atom. The van der Waals surface area contributed by atoms with E-state index in [4.69, 9.17) is 0 Å². The normalized spacial score (nSPS) is 12.0. The van der Waals surface area contributed by atoms with E-state index in [1.165, 1.54) is 16.9 Å². The van der Waals surface area contributed by atoms with Gasteiger partial charge in [-0.25, -0.2) is 4.98 Å². The van der Waals surface area contributed by atoms with Gasteiger partial charge >= 0.3 is 0 Å². The number of Topliss-reactive ketones (excluding diaryl/α,β-unsaturated/α-hetero) is 1. The van der Waals surface area contributed by atoms with Gasteiger partial charge in [0.25, 0.3) is 0 Å². The van der Waals surface area contributed by atoms with Crippen molar-refractivity contribution in [3.8, 4) is 0 Å². The van der Waals surface area contributed by atoms with Crippen molar-refractivity contribution in [2.45, 2.75) is 27.7 Å². The van der Waals surface area contributed by atoms with Crippen molar-refractivity contribution in [3.63, 3.8) is 0 Å². The summed E-state index contributed by atoms with van der Waals surface area (Å²) in [6, 6.07) is 6.07. The number of carbonyl (C=O) groups is 1. The fourth-order valence-electron chi connectivity index (χ4n) is 1.45. The first-order chi connectivity index (χ1) is 7.38. The summed E-state index contributed by atoms with van der Waals surface area (Å²) < 4.78 is 1.09. The molecule has 0 radical (unpaired) electrons. The van der Waals surface area contributed by atoms with Crippen molar-refractivity contribution >= 4 is 27.3 Å². The van der Waals surface area contributed by atoms with Crippen LogP contribution in [0.25, 0.3) is 10.2 Å². The summed E-state index contributed by atoms with van der Waals surface area (Å²) in [5.74, 6) is 0.117. The maximum absolute atomic E-state index is 12.1. The number of aromatic nitrogens is 1. The van der Waals surface area contributed by atoms with E-state index in [1.54, 1.807) is 0 Å². The molecule has 3 heteroatoms. The predicted octanol–water partition coefficient (Wildman–Crippen LogP) is 3.83. The van der Waals surface area contributed by atoms with Crippen LogP contribution in [-0.2, 0) is 0 Å². The van der Waals surface area contributed by atoms with Gasteiger partial charge in [0.1, 0.15) is 0 Å². The van der Waals surface area contributed by atoms with Crippen LogP contribution in [0.2, 0.25) is 0 Å². The van der Waals surface area contributed by atoms with Crippen LogP contribution >= 0.6 is 11.3 Å². The number of benzene rings is 1. The Hall–Kier alpha value is -1.22. The molecule has 0 aliphatic rings. The molecule has 1 aromatic heterocycles. The van der Waals surface area contributed by atoms with Gasteiger partial charge in [-0.05, 0) is 24.6 Å². The standard InChI is InChI=1S/C13H15NOS/c1-8-5-6-9-10(7-8)16-12(14-9)11(15)13(2,3)4/h5-7H,1-4H3. The molecule has 0 aliphatic heterocycles. The van der Waals surface area contributed by atoms with Crippen LogP contribution in [-0.4, -0.2) is 10.8 Å². The maximum atomic E-state index is 12.1. The second-order valence-corrected chi connectivity index (χ2v) is 6.10. The molecule has 0 atom stereocenters. The van der Waals surface area contributed by atoms with Gasteiger partial charge in [-0.1, -0.05) is 26.8 Å². The summed E-state index contributed by atoms with van der Waals surface area (Å²) in [5, 5.41) is 0.619. The fraction of sp³-hybridized carbons (Fsp3) is 0.385. The quantitative estimate of drug-likeness (QED) is 0.701. The number of hydrogen-bond donors (Lipinski definition) is 0. The van der Waals surface area contributed by atoms with E-state index in [9.17, 15) is 4.79 Å². The first kappa shape index (κ1) is 11.3. The lowest BCUT2D eigenvalue weighted by atomic mass is 9.91. The van der Waals surface area contributed by atoms with E-state index in [2.05, 4.69) is 11.1 Å². The number of carbonyl (C=O) groups excluding carboxylic acids is 1. The summed E-state index contributed by atoms with van der Waals surface area (Å²) in [5.41, 5.74) is 1.76. The van der Waals surface area contributed by atoms with Crippen LogP contribution in [0.4, 0.5) is 0 Å². The van der Waals surface area contributed by atoms with Gasteiger partial charge in [0.05, 0.1) is 10.2 Å². The van der Waals surface area contributed by atoms with Crippen molar-refractivity contribution in [2.24, 2.45) is 5.41 Å². The molecule has 84 valence electrons. The van der Waals surface area contributed by atoms with Crippen LogP contribution in [0.3, 0.4) is 0 Å². The predicted molar refractivity (Wildman–Crippen MR) is 68.1 cm³/mol. The van der Waals surface area contributed by atoms with Crippen molar-refractivity contribution in [1.29, 1.82) is 0 Å². The molecule has 0 N–H and O–H groups in total. The average molecular weight is 233 g/mol. The maximum Gasteiger partial charge on any atom is 0.196 e. The molecule has 1 heterocycles. The molecule has 0 spiro atoms. The van der Waals surface area contributed by atoms with Crippen molar-refractivity contribution in [1.82, 2.24) is 4.98 Å². The molecular weight excluding hydrogens is 218 g/mol.